The summed E-state index contributed by atoms with van der Waals surface area (Å²) in [7, 11) is 1.66. The number of urea groups is 1. The van der Waals surface area contributed by atoms with Crippen molar-refractivity contribution in [1.82, 2.24) is 9.88 Å². The van der Waals surface area contributed by atoms with E-state index in [1.807, 2.05) is 31.2 Å². The van der Waals surface area contributed by atoms with Gasteiger partial charge in [0, 0.05) is 63.3 Å². The summed E-state index contributed by atoms with van der Waals surface area (Å²) in [6, 6.07) is 9.10. The summed E-state index contributed by atoms with van der Waals surface area (Å²) >= 11 is 0. The monoisotopic (exact) mass is 530 g/mol. The summed E-state index contributed by atoms with van der Waals surface area (Å²) in [6.07, 6.45) is -1.64. The Kier molecular flexibility index (Phi) is 8.55. The fraction of sp³-hybridized carbons (Fsp3) is 0.444. The van der Waals surface area contributed by atoms with E-state index in [-0.39, 0.29) is 6.54 Å². The zero-order chi connectivity index (χ0) is 27.3. The Balaban J connectivity index is 1.61. The highest BCUT2D eigenvalue weighted by atomic mass is 19.4. The molecular formula is C27H33F3N6O2. The fourth-order valence-corrected chi connectivity index (χ4v) is 4.83. The van der Waals surface area contributed by atoms with Crippen LogP contribution in [0.3, 0.4) is 0 Å². The number of anilines is 2. The van der Waals surface area contributed by atoms with E-state index in [1.165, 1.54) is 11.1 Å². The number of aromatic nitrogens is 1. The number of hydrogen-bond acceptors (Lipinski definition) is 6. The Bertz CT molecular complexity index is 1210. The predicted molar refractivity (Wildman–Crippen MR) is 143 cm³/mol. The first-order valence-electron chi connectivity index (χ1n) is 12.6. The van der Waals surface area contributed by atoms with E-state index in [0.717, 1.165) is 22.5 Å². The van der Waals surface area contributed by atoms with Gasteiger partial charge in [-0.1, -0.05) is 6.07 Å². The number of nitrogens with zero attached hydrogens (tertiary/aromatic N) is 4. The predicted octanol–water partition coefficient (Wildman–Crippen LogP) is 4.70. The second-order valence-corrected chi connectivity index (χ2v) is 9.59. The van der Waals surface area contributed by atoms with Gasteiger partial charge in [0.05, 0.1) is 18.9 Å². The van der Waals surface area contributed by atoms with Crippen LogP contribution in [0.15, 0.2) is 41.5 Å². The van der Waals surface area contributed by atoms with Crippen molar-refractivity contribution in [2.45, 2.75) is 25.9 Å². The molecule has 3 heterocycles. The molecule has 1 atom stereocenters. The van der Waals surface area contributed by atoms with Crippen LogP contribution in [-0.4, -0.2) is 74.7 Å². The molecule has 2 aliphatic rings. The smallest absolute Gasteiger partial charge is 0.389 e. The van der Waals surface area contributed by atoms with E-state index >= 15 is 0 Å². The molecule has 0 aliphatic carbocycles. The Labute approximate surface area is 220 Å². The lowest BCUT2D eigenvalue weighted by Gasteiger charge is -2.28. The number of morpholine rings is 1. The number of pyridine rings is 1. The van der Waals surface area contributed by atoms with Gasteiger partial charge in [-0.25, -0.2) is 9.78 Å². The maximum atomic E-state index is 12.8. The number of ether oxygens (including phenoxy) is 1. The maximum Gasteiger partial charge on any atom is 0.389 e. The normalized spacial score (nSPS) is 18.9. The number of halogens is 3. The molecule has 0 unspecified atom stereocenters. The van der Waals surface area contributed by atoms with Crippen LogP contribution in [0.25, 0.3) is 16.7 Å². The molecule has 2 aliphatic heterocycles. The number of alkyl halides is 3. The molecule has 38 heavy (non-hydrogen) atoms. The molecule has 2 amide bonds. The SMILES string of the molecule is CN=C/C(=C\N)c1cc(-c2cc(NC(=O)N3CC[C@@H](CC(F)(F)F)C3)ccc2C)cc(N2CCOCC2)n1. The van der Waals surface area contributed by atoms with Gasteiger partial charge in [0.25, 0.3) is 0 Å². The third-order valence-electron chi connectivity index (χ3n) is 6.78. The minimum atomic E-state index is -4.23. The largest absolute Gasteiger partial charge is 0.404 e. The summed E-state index contributed by atoms with van der Waals surface area (Å²) in [5.74, 6) is 0.214. The first-order valence-corrected chi connectivity index (χ1v) is 12.6. The molecule has 204 valence electrons. The van der Waals surface area contributed by atoms with Crippen molar-refractivity contribution in [3.8, 4) is 11.1 Å². The number of likely N-dealkylation sites (tertiary alicyclic amines) is 1. The van der Waals surface area contributed by atoms with Gasteiger partial charge in [0.2, 0.25) is 0 Å². The fourth-order valence-electron chi connectivity index (χ4n) is 4.83. The highest BCUT2D eigenvalue weighted by Crippen LogP contribution is 2.33. The summed E-state index contributed by atoms with van der Waals surface area (Å²) < 4.78 is 43.8. The lowest BCUT2D eigenvalue weighted by molar-refractivity contribution is -0.143. The minimum absolute atomic E-state index is 0.0911. The molecule has 8 nitrogen and oxygen atoms in total. The van der Waals surface area contributed by atoms with Crippen molar-refractivity contribution < 1.29 is 22.7 Å². The molecule has 0 saturated carbocycles. The zero-order valence-corrected chi connectivity index (χ0v) is 21.6. The Morgan fingerprint density at radius 1 is 1.24 bits per heavy atom. The molecule has 0 radical (unpaired) electrons. The molecular weight excluding hydrogens is 497 g/mol. The van der Waals surface area contributed by atoms with Gasteiger partial charge in [-0.15, -0.1) is 0 Å². The van der Waals surface area contributed by atoms with Crippen LogP contribution in [-0.2, 0) is 4.74 Å². The van der Waals surface area contributed by atoms with Crippen molar-refractivity contribution in [3.05, 3.63) is 47.8 Å². The standard InChI is InChI=1S/C27H33F3N6O2/c1-18-3-4-22(33-26(37)36-6-5-19(17-36)14-27(28,29)30)13-23(18)20-11-24(21(15-31)16-32-2)34-25(12-20)35-7-9-38-10-8-35/h3-4,11-13,15-16,19H,5-10,14,17,31H2,1-2H3,(H,33,37)/b21-15+,32-16?/t19-/m0/s1. The van der Waals surface area contributed by atoms with E-state index in [0.29, 0.717) is 56.2 Å². The summed E-state index contributed by atoms with van der Waals surface area (Å²) in [5.41, 5.74) is 10.5. The van der Waals surface area contributed by atoms with Crippen molar-refractivity contribution in [1.29, 1.82) is 0 Å². The van der Waals surface area contributed by atoms with Crippen LogP contribution in [0.4, 0.5) is 29.5 Å². The molecule has 0 bridgehead atoms. The number of allylic oxidation sites excluding steroid dienone is 1. The van der Waals surface area contributed by atoms with Crippen LogP contribution in [0.1, 0.15) is 24.1 Å². The van der Waals surface area contributed by atoms with Crippen LogP contribution in [0.2, 0.25) is 0 Å². The number of aliphatic imine (C=N–C) groups is 1. The number of carbonyl (C=O) groups is 1. The molecule has 3 N–H and O–H groups in total. The van der Waals surface area contributed by atoms with Crippen molar-refractivity contribution in [2.24, 2.45) is 16.6 Å². The molecule has 2 saturated heterocycles. The summed E-state index contributed by atoms with van der Waals surface area (Å²) in [5, 5.41) is 2.86. The van der Waals surface area contributed by atoms with E-state index in [1.54, 1.807) is 19.3 Å². The first kappa shape index (κ1) is 27.4. The number of amides is 2. The van der Waals surface area contributed by atoms with Crippen LogP contribution in [0.5, 0.6) is 0 Å². The average Bonchev–Trinajstić information content (AvgIpc) is 3.35. The van der Waals surface area contributed by atoms with Gasteiger partial charge < -0.3 is 25.6 Å². The zero-order valence-electron chi connectivity index (χ0n) is 21.6. The number of hydrogen-bond donors (Lipinski definition) is 2. The molecule has 2 aromatic rings. The number of carbonyl (C=O) groups excluding carboxylic acids is 1. The van der Waals surface area contributed by atoms with Gasteiger partial charge in [-0.3, -0.25) is 4.99 Å². The third kappa shape index (κ3) is 6.83. The first-order chi connectivity index (χ1) is 18.2. The second-order valence-electron chi connectivity index (χ2n) is 9.59. The van der Waals surface area contributed by atoms with Crippen molar-refractivity contribution in [3.63, 3.8) is 0 Å². The Morgan fingerprint density at radius 3 is 2.68 bits per heavy atom. The quantitative estimate of drug-likeness (QED) is 0.528. The van der Waals surface area contributed by atoms with Gasteiger partial charge in [-0.05, 0) is 60.2 Å². The van der Waals surface area contributed by atoms with Crippen LogP contribution in [0, 0.1) is 12.8 Å². The Morgan fingerprint density at radius 2 is 2.00 bits per heavy atom. The average molecular weight is 531 g/mol. The van der Waals surface area contributed by atoms with Gasteiger partial charge in [0.15, 0.2) is 0 Å². The maximum absolute atomic E-state index is 12.8. The van der Waals surface area contributed by atoms with E-state index in [4.69, 9.17) is 15.5 Å². The minimum Gasteiger partial charge on any atom is -0.404 e. The lowest BCUT2D eigenvalue weighted by Crippen LogP contribution is -2.36. The van der Waals surface area contributed by atoms with Gasteiger partial charge in [-0.2, -0.15) is 13.2 Å². The highest BCUT2D eigenvalue weighted by molar-refractivity contribution is 6.09. The highest BCUT2D eigenvalue weighted by Gasteiger charge is 2.36. The molecule has 1 aromatic heterocycles. The lowest BCUT2D eigenvalue weighted by atomic mass is 9.98. The number of aryl methyl sites for hydroxylation is 1. The van der Waals surface area contributed by atoms with E-state index in [2.05, 4.69) is 15.2 Å². The van der Waals surface area contributed by atoms with Crippen molar-refractivity contribution >= 4 is 29.3 Å². The molecule has 11 heteroatoms. The molecule has 1 aromatic carbocycles. The van der Waals surface area contributed by atoms with Crippen molar-refractivity contribution in [2.75, 3.05) is 56.7 Å². The van der Waals surface area contributed by atoms with Crippen LogP contribution < -0.4 is 16.0 Å². The molecule has 4 rings (SSSR count). The third-order valence-corrected chi connectivity index (χ3v) is 6.78. The number of benzene rings is 1. The van der Waals surface area contributed by atoms with Gasteiger partial charge in [0.1, 0.15) is 5.82 Å². The Hall–Kier alpha value is -3.60. The number of nitrogens with two attached hydrogens (primary N) is 1. The summed E-state index contributed by atoms with van der Waals surface area (Å²) in [6.45, 7) is 5.00. The van der Waals surface area contributed by atoms with Gasteiger partial charge >= 0.3 is 12.2 Å². The number of rotatable bonds is 6. The van der Waals surface area contributed by atoms with E-state index in [9.17, 15) is 18.0 Å². The number of nitrogens with one attached hydrogen (secondary N) is 1. The molecule has 0 spiro atoms. The topological polar surface area (TPSA) is 96.1 Å². The summed E-state index contributed by atoms with van der Waals surface area (Å²) in [4.78, 5) is 25.4. The van der Waals surface area contributed by atoms with Crippen LogP contribution >= 0.6 is 0 Å². The molecule has 2 fully saturated rings. The second kappa shape index (κ2) is 11.8. The van der Waals surface area contributed by atoms with E-state index < -0.39 is 24.5 Å².